The summed E-state index contributed by atoms with van der Waals surface area (Å²) in [5.74, 6) is 1.09. The van der Waals surface area contributed by atoms with E-state index in [0.717, 1.165) is 11.8 Å². The molecule has 1 nitrogen and oxygen atoms in total. The number of piperidine rings is 1. The molecule has 0 aromatic carbocycles. The quantitative estimate of drug-likeness (QED) is 0.737. The van der Waals surface area contributed by atoms with Gasteiger partial charge in [-0.25, -0.2) is 0 Å². The first-order valence-electron chi connectivity index (χ1n) is 7.11. The molecule has 94 valence electrons. The zero-order valence-corrected chi connectivity index (χ0v) is 11.6. The number of hydrogen-bond acceptors (Lipinski definition) is 2. The van der Waals surface area contributed by atoms with Gasteiger partial charge in [-0.3, -0.25) is 0 Å². The maximum atomic E-state index is 4.65. The van der Waals surface area contributed by atoms with Crippen molar-refractivity contribution in [2.45, 2.75) is 64.3 Å². The molecule has 2 fully saturated rings. The highest BCUT2D eigenvalue weighted by Gasteiger charge is 2.34. The van der Waals surface area contributed by atoms with E-state index in [2.05, 4.69) is 24.5 Å². The Hall–Kier alpha value is 0.310. The van der Waals surface area contributed by atoms with Crippen molar-refractivity contribution in [2.75, 3.05) is 18.8 Å². The molecule has 0 aromatic heterocycles. The van der Waals surface area contributed by atoms with Crippen molar-refractivity contribution in [2.24, 2.45) is 5.41 Å². The van der Waals surface area contributed by atoms with Gasteiger partial charge in [0.15, 0.2) is 0 Å². The second kappa shape index (κ2) is 5.77. The Morgan fingerprint density at radius 1 is 1.12 bits per heavy atom. The summed E-state index contributed by atoms with van der Waals surface area (Å²) in [5.41, 5.74) is 0.549. The molecule has 2 heteroatoms. The van der Waals surface area contributed by atoms with Gasteiger partial charge in [-0.15, -0.1) is 0 Å². The molecule has 1 atom stereocenters. The molecule has 2 rings (SSSR count). The summed E-state index contributed by atoms with van der Waals surface area (Å²) in [6, 6.07) is 0.812. The van der Waals surface area contributed by atoms with Crippen LogP contribution in [0.4, 0.5) is 0 Å². The van der Waals surface area contributed by atoms with Gasteiger partial charge in [-0.05, 0) is 50.3 Å². The lowest BCUT2D eigenvalue weighted by molar-refractivity contribution is 0.0763. The normalized spacial score (nSPS) is 31.5. The summed E-state index contributed by atoms with van der Waals surface area (Å²) in [6.45, 7) is 5.06. The number of nitrogens with zero attached hydrogens (tertiary/aromatic N) is 1. The van der Waals surface area contributed by atoms with E-state index in [1.165, 1.54) is 64.5 Å². The molecular formula is C14H27NS. The first-order valence-corrected chi connectivity index (χ1v) is 7.74. The minimum absolute atomic E-state index is 0.549. The summed E-state index contributed by atoms with van der Waals surface area (Å²) in [7, 11) is 0. The van der Waals surface area contributed by atoms with E-state index in [-0.39, 0.29) is 0 Å². The number of likely N-dealkylation sites (tertiary alicyclic amines) is 1. The van der Waals surface area contributed by atoms with Gasteiger partial charge in [-0.2, -0.15) is 12.6 Å². The summed E-state index contributed by atoms with van der Waals surface area (Å²) in [4.78, 5) is 2.74. The Morgan fingerprint density at radius 3 is 2.50 bits per heavy atom. The molecule has 1 unspecified atom stereocenters. The van der Waals surface area contributed by atoms with Crippen molar-refractivity contribution in [3.63, 3.8) is 0 Å². The molecule has 0 aromatic rings. The Kier molecular flexibility index (Phi) is 4.60. The zero-order valence-electron chi connectivity index (χ0n) is 10.7. The third-order valence-electron chi connectivity index (χ3n) is 4.73. The van der Waals surface area contributed by atoms with E-state index in [1.54, 1.807) is 0 Å². The molecule has 1 aliphatic carbocycles. The molecule has 1 aliphatic heterocycles. The minimum atomic E-state index is 0.549. The lowest BCUT2D eigenvalue weighted by Gasteiger charge is -2.44. The second-order valence-corrected chi connectivity index (χ2v) is 6.35. The average molecular weight is 241 g/mol. The molecule has 0 bridgehead atoms. The Bertz CT molecular complexity index is 211. The summed E-state index contributed by atoms with van der Waals surface area (Å²) >= 11 is 4.65. The van der Waals surface area contributed by atoms with Crippen molar-refractivity contribution in [1.29, 1.82) is 0 Å². The van der Waals surface area contributed by atoms with Crippen LogP contribution in [0, 0.1) is 5.41 Å². The number of thiol groups is 1. The van der Waals surface area contributed by atoms with Crippen LogP contribution in [0.25, 0.3) is 0 Å². The van der Waals surface area contributed by atoms with Gasteiger partial charge in [0.1, 0.15) is 0 Å². The second-order valence-electron chi connectivity index (χ2n) is 6.03. The smallest absolute Gasteiger partial charge is 0.00671 e. The predicted octanol–water partition coefficient (Wildman–Crippen LogP) is 3.74. The Labute approximate surface area is 106 Å². The van der Waals surface area contributed by atoms with Crippen LogP contribution >= 0.6 is 12.6 Å². The first kappa shape index (κ1) is 12.8. The van der Waals surface area contributed by atoms with Crippen LogP contribution in [0.15, 0.2) is 0 Å². The molecule has 0 N–H and O–H groups in total. The highest BCUT2D eigenvalue weighted by molar-refractivity contribution is 7.80. The highest BCUT2D eigenvalue weighted by Crippen LogP contribution is 2.39. The van der Waals surface area contributed by atoms with Crippen LogP contribution in [0.3, 0.4) is 0 Å². The molecule has 1 saturated carbocycles. The largest absolute Gasteiger partial charge is 0.300 e. The molecule has 1 heterocycles. The third kappa shape index (κ3) is 2.95. The maximum Gasteiger partial charge on any atom is 0.00671 e. The lowest BCUT2D eigenvalue weighted by atomic mass is 9.74. The Balaban J connectivity index is 1.93. The average Bonchev–Trinajstić information content (AvgIpc) is 2.33. The van der Waals surface area contributed by atoms with Crippen molar-refractivity contribution in [3.05, 3.63) is 0 Å². The fourth-order valence-electron chi connectivity index (χ4n) is 3.49. The van der Waals surface area contributed by atoms with Crippen molar-refractivity contribution in [3.8, 4) is 0 Å². The molecule has 1 saturated heterocycles. The number of hydrogen-bond donors (Lipinski definition) is 1. The van der Waals surface area contributed by atoms with E-state index in [0.29, 0.717) is 5.41 Å². The lowest BCUT2D eigenvalue weighted by Crippen LogP contribution is -2.46. The van der Waals surface area contributed by atoms with Crippen LogP contribution < -0.4 is 0 Å². The maximum absolute atomic E-state index is 4.65. The molecule has 2 aliphatic rings. The van der Waals surface area contributed by atoms with Crippen LogP contribution in [-0.4, -0.2) is 29.8 Å². The van der Waals surface area contributed by atoms with E-state index < -0.39 is 0 Å². The van der Waals surface area contributed by atoms with Gasteiger partial charge >= 0.3 is 0 Å². The Morgan fingerprint density at radius 2 is 1.88 bits per heavy atom. The van der Waals surface area contributed by atoms with Gasteiger partial charge < -0.3 is 4.90 Å². The van der Waals surface area contributed by atoms with Crippen LogP contribution in [0.2, 0.25) is 0 Å². The first-order chi connectivity index (χ1) is 7.76. The summed E-state index contributed by atoms with van der Waals surface area (Å²) in [5, 5.41) is 0. The summed E-state index contributed by atoms with van der Waals surface area (Å²) in [6.07, 6.45) is 11.4. The molecule has 16 heavy (non-hydrogen) atoms. The van der Waals surface area contributed by atoms with E-state index in [9.17, 15) is 0 Å². The fourth-order valence-corrected chi connectivity index (χ4v) is 3.91. The summed E-state index contributed by atoms with van der Waals surface area (Å²) < 4.78 is 0. The molecule has 0 spiro atoms. The number of rotatable bonds is 3. The van der Waals surface area contributed by atoms with E-state index in [1.807, 2.05) is 0 Å². The van der Waals surface area contributed by atoms with E-state index >= 15 is 0 Å². The van der Waals surface area contributed by atoms with Gasteiger partial charge in [0.2, 0.25) is 0 Å². The highest BCUT2D eigenvalue weighted by atomic mass is 32.1. The molecule has 0 amide bonds. The zero-order chi connectivity index (χ0) is 11.4. The van der Waals surface area contributed by atoms with Crippen molar-refractivity contribution < 1.29 is 0 Å². The fraction of sp³-hybridized carbons (Fsp3) is 1.00. The van der Waals surface area contributed by atoms with E-state index in [4.69, 9.17) is 0 Å². The van der Waals surface area contributed by atoms with Crippen LogP contribution in [0.5, 0.6) is 0 Å². The topological polar surface area (TPSA) is 3.24 Å². The van der Waals surface area contributed by atoms with Gasteiger partial charge in [-0.1, -0.05) is 25.7 Å². The van der Waals surface area contributed by atoms with Crippen LogP contribution in [-0.2, 0) is 0 Å². The molecule has 0 radical (unpaired) electrons. The monoisotopic (exact) mass is 241 g/mol. The standard InChI is InChI=1S/C14H27NS/c1-13-7-3-6-10-15(13)11-14(12-16)8-4-2-5-9-14/h13,16H,2-12H2,1H3. The van der Waals surface area contributed by atoms with Gasteiger partial charge in [0.25, 0.3) is 0 Å². The van der Waals surface area contributed by atoms with Gasteiger partial charge in [0.05, 0.1) is 0 Å². The SMILES string of the molecule is CC1CCCCN1CC1(CS)CCCCC1. The van der Waals surface area contributed by atoms with Crippen molar-refractivity contribution >= 4 is 12.6 Å². The minimum Gasteiger partial charge on any atom is -0.300 e. The van der Waals surface area contributed by atoms with Gasteiger partial charge in [0, 0.05) is 12.6 Å². The predicted molar refractivity (Wildman–Crippen MR) is 74.3 cm³/mol. The van der Waals surface area contributed by atoms with Crippen LogP contribution in [0.1, 0.15) is 58.3 Å². The van der Waals surface area contributed by atoms with Crippen molar-refractivity contribution in [1.82, 2.24) is 4.90 Å². The third-order valence-corrected chi connectivity index (χ3v) is 5.40. The molecular weight excluding hydrogens is 214 g/mol.